The molecule has 1 unspecified atom stereocenters. The van der Waals surface area contributed by atoms with Gasteiger partial charge in [0.2, 0.25) is 5.91 Å². The Morgan fingerprint density at radius 2 is 1.53 bits per heavy atom. The summed E-state index contributed by atoms with van der Waals surface area (Å²) in [6.07, 6.45) is 2.00. The van der Waals surface area contributed by atoms with Crippen molar-refractivity contribution < 1.29 is 19.2 Å². The van der Waals surface area contributed by atoms with Crippen molar-refractivity contribution >= 4 is 80.8 Å². The largest absolute Gasteiger partial charge is 0.321 e. The van der Waals surface area contributed by atoms with Crippen LogP contribution in [-0.4, -0.2) is 28.9 Å². The molecule has 0 saturated carbocycles. The highest BCUT2D eigenvalue weighted by atomic mass is 35.5. The highest BCUT2D eigenvalue weighted by Crippen LogP contribution is 2.35. The molecule has 9 nitrogen and oxygen atoms in total. The van der Waals surface area contributed by atoms with Crippen molar-refractivity contribution in [2.24, 2.45) is 0 Å². The van der Waals surface area contributed by atoms with Crippen LogP contribution in [0.25, 0.3) is 6.08 Å². The van der Waals surface area contributed by atoms with Crippen molar-refractivity contribution in [1.29, 1.82) is 5.26 Å². The molecule has 5 rings (SSSR count). The molecule has 1 atom stereocenters. The van der Waals surface area contributed by atoms with Crippen LogP contribution in [0.5, 0.6) is 0 Å². The fraction of sp³-hybridized carbons (Fsp3) is 0.103. The van der Waals surface area contributed by atoms with E-state index in [0.29, 0.717) is 54.3 Å². The highest BCUT2D eigenvalue weighted by molar-refractivity contribution is 8.00. The quantitative estimate of drug-likeness (QED) is 0.0747. The number of hydrogen-bond acceptors (Lipinski definition) is 7. The van der Waals surface area contributed by atoms with E-state index in [2.05, 4.69) is 27.3 Å². The van der Waals surface area contributed by atoms with Gasteiger partial charge in [-0.15, -0.1) is 23.1 Å². The summed E-state index contributed by atoms with van der Waals surface area (Å²) in [6.45, 7) is 3.55. The van der Waals surface area contributed by atoms with Crippen LogP contribution in [-0.2, 0) is 9.59 Å². The average molecular weight is 734 g/mol. The minimum absolute atomic E-state index is 0.00588. The second kappa shape index (κ2) is 17.3. The van der Waals surface area contributed by atoms with Crippen molar-refractivity contribution in [2.75, 3.05) is 16.0 Å². The summed E-state index contributed by atoms with van der Waals surface area (Å²) >= 11 is 8.50. The highest BCUT2D eigenvalue weighted by Gasteiger charge is 2.25. The molecule has 4 aromatic carbocycles. The zero-order valence-electron chi connectivity index (χ0n) is 27.5. The number of rotatable bonds is 12. The number of nitrogens with one attached hydrogen (secondary N) is 4. The number of halogens is 1. The lowest BCUT2D eigenvalue weighted by Crippen LogP contribution is -2.30. The van der Waals surface area contributed by atoms with Crippen LogP contribution in [0, 0.1) is 18.3 Å². The van der Waals surface area contributed by atoms with Gasteiger partial charge in [0, 0.05) is 26.9 Å². The number of carbonyl (C=O) groups excluding carboxylic acids is 4. The molecule has 0 bridgehead atoms. The second-order valence-electron chi connectivity index (χ2n) is 11.1. The van der Waals surface area contributed by atoms with Gasteiger partial charge < -0.3 is 21.3 Å². The number of thioether (sulfide) groups is 1. The number of thiophene rings is 1. The third-order valence-corrected chi connectivity index (χ3v) is 10.3. The molecule has 0 aliphatic heterocycles. The summed E-state index contributed by atoms with van der Waals surface area (Å²) in [5.74, 6) is -1.72. The molecular weight excluding hydrogens is 702 g/mol. The van der Waals surface area contributed by atoms with Gasteiger partial charge in [-0.1, -0.05) is 73.1 Å². The molecule has 51 heavy (non-hydrogen) atoms. The SMILES string of the molecule is CCC(Sc1cccc(NC(=O)/C(=C/c2cccc(Cl)c2)NC(=O)c2ccccc2)c1)C(=O)Nc1sc(C(=O)Nc2ccccc2)c(C)c1C#N. The molecule has 1 heterocycles. The van der Waals surface area contributed by atoms with Crippen LogP contribution in [0.1, 0.15) is 50.1 Å². The van der Waals surface area contributed by atoms with Gasteiger partial charge in [-0.3, -0.25) is 19.2 Å². The summed E-state index contributed by atoms with van der Waals surface area (Å²) < 4.78 is 0. The Morgan fingerprint density at radius 1 is 0.843 bits per heavy atom. The lowest BCUT2D eigenvalue weighted by atomic mass is 10.1. The van der Waals surface area contributed by atoms with Gasteiger partial charge in [0.15, 0.2) is 0 Å². The third kappa shape index (κ3) is 9.73. The number of amides is 4. The standard InChI is InChI=1S/C39H32ClN5O4S2/c1-3-33(37(48)45-39-31(23-41)24(2)34(51-39)38(49)42-28-16-8-5-9-17-28)50-30-19-11-18-29(22-30)43-36(47)32(21-25-12-10-15-27(40)20-25)44-35(46)26-13-6-4-7-14-26/h4-22,33H,3H2,1-2H3,(H,42,49)(H,43,47)(H,44,46)(H,45,48)/b32-21-. The number of benzene rings is 4. The van der Waals surface area contributed by atoms with Gasteiger partial charge in [0.25, 0.3) is 17.7 Å². The molecule has 0 spiro atoms. The first-order valence-electron chi connectivity index (χ1n) is 15.8. The molecule has 5 aromatic rings. The van der Waals surface area contributed by atoms with Crippen LogP contribution in [0.15, 0.2) is 120 Å². The van der Waals surface area contributed by atoms with Gasteiger partial charge in [-0.05, 0) is 85.1 Å². The van der Waals surface area contributed by atoms with Gasteiger partial charge in [0.05, 0.1) is 15.7 Å². The van der Waals surface area contributed by atoms with E-state index in [4.69, 9.17) is 11.6 Å². The van der Waals surface area contributed by atoms with E-state index in [1.165, 1.54) is 17.8 Å². The van der Waals surface area contributed by atoms with E-state index in [0.717, 1.165) is 11.3 Å². The van der Waals surface area contributed by atoms with Crippen molar-refractivity contribution in [1.82, 2.24) is 5.32 Å². The predicted molar refractivity (Wildman–Crippen MR) is 205 cm³/mol. The van der Waals surface area contributed by atoms with Gasteiger partial charge in [0.1, 0.15) is 16.8 Å². The summed E-state index contributed by atoms with van der Waals surface area (Å²) in [5, 5.41) is 21.3. The monoisotopic (exact) mass is 733 g/mol. The fourth-order valence-corrected chi connectivity index (χ4v) is 7.16. The number of carbonyl (C=O) groups is 4. The fourth-order valence-electron chi connectivity index (χ4n) is 4.89. The molecule has 4 amide bonds. The smallest absolute Gasteiger partial charge is 0.272 e. The van der Waals surface area contributed by atoms with E-state index in [-0.39, 0.29) is 23.1 Å². The normalized spacial score (nSPS) is 11.5. The number of para-hydroxylation sites is 1. The topological polar surface area (TPSA) is 140 Å². The summed E-state index contributed by atoms with van der Waals surface area (Å²) in [7, 11) is 0. The number of nitrogens with zero attached hydrogens (tertiary/aromatic N) is 1. The molecule has 0 aliphatic carbocycles. The van der Waals surface area contributed by atoms with E-state index >= 15 is 0 Å². The Balaban J connectivity index is 1.30. The molecule has 256 valence electrons. The maximum absolute atomic E-state index is 13.6. The third-order valence-electron chi connectivity index (χ3n) is 7.46. The van der Waals surface area contributed by atoms with E-state index < -0.39 is 17.1 Å². The van der Waals surface area contributed by atoms with Crippen LogP contribution >= 0.6 is 34.7 Å². The molecule has 1 aromatic heterocycles. The first-order valence-corrected chi connectivity index (χ1v) is 17.8. The van der Waals surface area contributed by atoms with E-state index in [1.54, 1.807) is 104 Å². The van der Waals surface area contributed by atoms with Crippen molar-refractivity contribution in [3.8, 4) is 6.07 Å². The van der Waals surface area contributed by atoms with E-state index in [9.17, 15) is 24.4 Å². The predicted octanol–water partition coefficient (Wildman–Crippen LogP) is 8.75. The maximum atomic E-state index is 13.6. The number of anilines is 3. The zero-order valence-corrected chi connectivity index (χ0v) is 29.9. The molecule has 4 N–H and O–H groups in total. The Hall–Kier alpha value is -5.67. The lowest BCUT2D eigenvalue weighted by Gasteiger charge is -2.15. The van der Waals surface area contributed by atoms with Gasteiger partial charge >= 0.3 is 0 Å². The van der Waals surface area contributed by atoms with Crippen molar-refractivity contribution in [3.05, 3.63) is 147 Å². The summed E-state index contributed by atoms with van der Waals surface area (Å²) in [5.41, 5.74) is 2.79. The Morgan fingerprint density at radius 3 is 2.22 bits per heavy atom. The van der Waals surface area contributed by atoms with Crippen LogP contribution in [0.4, 0.5) is 16.4 Å². The van der Waals surface area contributed by atoms with Crippen LogP contribution in [0.3, 0.4) is 0 Å². The molecule has 12 heteroatoms. The number of hydrogen-bond donors (Lipinski definition) is 4. The zero-order chi connectivity index (χ0) is 36.3. The Bertz CT molecular complexity index is 2150. The minimum Gasteiger partial charge on any atom is -0.321 e. The van der Waals surface area contributed by atoms with Gasteiger partial charge in [-0.2, -0.15) is 5.26 Å². The van der Waals surface area contributed by atoms with Crippen LogP contribution in [0.2, 0.25) is 5.02 Å². The lowest BCUT2D eigenvalue weighted by molar-refractivity contribution is -0.116. The van der Waals surface area contributed by atoms with E-state index in [1.807, 2.05) is 19.1 Å². The minimum atomic E-state index is -0.560. The van der Waals surface area contributed by atoms with Crippen LogP contribution < -0.4 is 21.3 Å². The average Bonchev–Trinajstić information content (AvgIpc) is 3.45. The Kier molecular flexibility index (Phi) is 12.4. The number of nitriles is 1. The van der Waals surface area contributed by atoms with Crippen molar-refractivity contribution in [2.45, 2.75) is 30.4 Å². The molecule has 0 radical (unpaired) electrons. The summed E-state index contributed by atoms with van der Waals surface area (Å²) in [4.78, 5) is 54.1. The molecule has 0 saturated heterocycles. The first-order chi connectivity index (χ1) is 24.6. The van der Waals surface area contributed by atoms with Gasteiger partial charge in [-0.25, -0.2) is 0 Å². The Labute approximate surface area is 308 Å². The second-order valence-corrected chi connectivity index (χ2v) is 13.8. The first kappa shape index (κ1) is 36.6. The maximum Gasteiger partial charge on any atom is 0.272 e. The molecular formula is C39H32ClN5O4S2. The van der Waals surface area contributed by atoms with Crippen molar-refractivity contribution in [3.63, 3.8) is 0 Å². The molecule has 0 fully saturated rings. The molecule has 0 aliphatic rings. The summed E-state index contributed by atoms with van der Waals surface area (Å²) in [6, 6.07) is 33.5.